The standard InChI is InChI=1S/C16H24O4/c1-10(2)5-6-12-15(3)14-13(18-4)11(17)7-8-16(14,20-12)9-19-15/h5,12-14H,6-9H2,1-4H3. The monoisotopic (exact) mass is 280 g/mol. The Hall–Kier alpha value is -0.710. The number of allylic oxidation sites excluding steroid dienone is 1. The molecule has 3 fully saturated rings. The molecular formula is C16H24O4. The molecule has 0 N–H and O–H groups in total. The minimum Gasteiger partial charge on any atom is -0.373 e. The molecule has 2 heterocycles. The molecule has 0 aromatic heterocycles. The summed E-state index contributed by atoms with van der Waals surface area (Å²) in [5.74, 6) is 0.216. The summed E-state index contributed by atoms with van der Waals surface area (Å²) in [6, 6.07) is 0. The first-order chi connectivity index (χ1) is 9.43. The summed E-state index contributed by atoms with van der Waals surface area (Å²) in [6.45, 7) is 6.85. The Morgan fingerprint density at radius 1 is 1.50 bits per heavy atom. The number of Topliss-reactive ketones (excluding diaryl/α,β-unsaturated/α-hetero) is 1. The summed E-state index contributed by atoms with van der Waals surface area (Å²) >= 11 is 0. The number of ether oxygens (including phenoxy) is 3. The summed E-state index contributed by atoms with van der Waals surface area (Å²) in [6.07, 6.45) is 3.95. The van der Waals surface area contributed by atoms with E-state index in [1.807, 2.05) is 0 Å². The van der Waals surface area contributed by atoms with Crippen molar-refractivity contribution >= 4 is 5.78 Å². The van der Waals surface area contributed by atoms with Gasteiger partial charge in [-0.15, -0.1) is 0 Å². The van der Waals surface area contributed by atoms with Crippen LogP contribution in [0.25, 0.3) is 0 Å². The van der Waals surface area contributed by atoms with E-state index >= 15 is 0 Å². The molecule has 2 aliphatic heterocycles. The minimum absolute atomic E-state index is 0.0136. The molecule has 1 aliphatic carbocycles. The largest absolute Gasteiger partial charge is 0.373 e. The van der Waals surface area contributed by atoms with Crippen LogP contribution in [0.3, 0.4) is 0 Å². The molecule has 5 unspecified atom stereocenters. The van der Waals surface area contributed by atoms with Gasteiger partial charge in [0, 0.05) is 13.5 Å². The zero-order chi connectivity index (χ0) is 14.5. The van der Waals surface area contributed by atoms with E-state index in [9.17, 15) is 4.79 Å². The summed E-state index contributed by atoms with van der Waals surface area (Å²) in [4.78, 5) is 12.2. The summed E-state index contributed by atoms with van der Waals surface area (Å²) < 4.78 is 18.0. The van der Waals surface area contributed by atoms with Gasteiger partial charge in [0.25, 0.3) is 0 Å². The Labute approximate surface area is 120 Å². The fourth-order valence-electron chi connectivity index (χ4n) is 4.20. The molecule has 0 aromatic carbocycles. The lowest BCUT2D eigenvalue weighted by Crippen LogP contribution is -2.52. The van der Waals surface area contributed by atoms with Crippen LogP contribution >= 0.6 is 0 Å². The van der Waals surface area contributed by atoms with Crippen LogP contribution in [0.2, 0.25) is 0 Å². The average molecular weight is 280 g/mol. The lowest BCUT2D eigenvalue weighted by molar-refractivity contribution is -0.176. The third-order valence-corrected chi connectivity index (χ3v) is 5.24. The molecule has 2 bridgehead atoms. The van der Waals surface area contributed by atoms with Crippen molar-refractivity contribution < 1.29 is 19.0 Å². The molecule has 1 saturated carbocycles. The maximum Gasteiger partial charge on any atom is 0.162 e. The second kappa shape index (κ2) is 4.65. The van der Waals surface area contributed by atoms with Crippen LogP contribution < -0.4 is 0 Å². The van der Waals surface area contributed by atoms with Gasteiger partial charge in [-0.2, -0.15) is 0 Å². The highest BCUT2D eigenvalue weighted by atomic mass is 16.6. The zero-order valence-electron chi connectivity index (χ0n) is 12.8. The van der Waals surface area contributed by atoms with Gasteiger partial charge >= 0.3 is 0 Å². The van der Waals surface area contributed by atoms with Crippen LogP contribution in [-0.4, -0.2) is 42.9 Å². The van der Waals surface area contributed by atoms with Crippen molar-refractivity contribution in [2.45, 2.75) is 63.4 Å². The topological polar surface area (TPSA) is 44.8 Å². The molecule has 0 spiro atoms. The molecule has 112 valence electrons. The molecule has 5 atom stereocenters. The van der Waals surface area contributed by atoms with Crippen LogP contribution in [0, 0.1) is 5.92 Å². The van der Waals surface area contributed by atoms with E-state index in [0.29, 0.717) is 13.0 Å². The molecule has 0 amide bonds. The van der Waals surface area contributed by atoms with Gasteiger partial charge < -0.3 is 14.2 Å². The Morgan fingerprint density at radius 3 is 2.90 bits per heavy atom. The predicted molar refractivity (Wildman–Crippen MR) is 74.5 cm³/mol. The fraction of sp³-hybridized carbons (Fsp3) is 0.812. The molecule has 2 saturated heterocycles. The van der Waals surface area contributed by atoms with E-state index in [1.54, 1.807) is 7.11 Å². The second-order valence-corrected chi connectivity index (χ2v) is 6.76. The predicted octanol–water partition coefficient (Wildman–Crippen LogP) is 2.26. The van der Waals surface area contributed by atoms with E-state index in [4.69, 9.17) is 14.2 Å². The summed E-state index contributed by atoms with van der Waals surface area (Å²) in [5.41, 5.74) is 0.548. The van der Waals surface area contributed by atoms with Gasteiger partial charge in [0.1, 0.15) is 17.3 Å². The molecule has 0 radical (unpaired) electrons. The molecule has 3 rings (SSSR count). The highest BCUT2D eigenvalue weighted by Gasteiger charge is 2.71. The van der Waals surface area contributed by atoms with Gasteiger partial charge in [0.05, 0.1) is 18.6 Å². The van der Waals surface area contributed by atoms with Crippen molar-refractivity contribution in [3.8, 4) is 0 Å². The number of methoxy groups -OCH3 is 1. The van der Waals surface area contributed by atoms with Gasteiger partial charge in [-0.25, -0.2) is 0 Å². The van der Waals surface area contributed by atoms with Crippen molar-refractivity contribution in [1.82, 2.24) is 0 Å². The third-order valence-electron chi connectivity index (χ3n) is 5.24. The minimum atomic E-state index is -0.414. The van der Waals surface area contributed by atoms with Crippen LogP contribution in [0.1, 0.15) is 40.0 Å². The molecule has 20 heavy (non-hydrogen) atoms. The maximum atomic E-state index is 12.2. The lowest BCUT2D eigenvalue weighted by atomic mass is 9.69. The van der Waals surface area contributed by atoms with E-state index in [-0.39, 0.29) is 29.5 Å². The summed E-state index contributed by atoms with van der Waals surface area (Å²) in [5, 5.41) is 0. The van der Waals surface area contributed by atoms with E-state index in [0.717, 1.165) is 12.8 Å². The highest BCUT2D eigenvalue weighted by Crippen LogP contribution is 2.58. The number of ketones is 1. The fourth-order valence-corrected chi connectivity index (χ4v) is 4.20. The Morgan fingerprint density at radius 2 is 2.25 bits per heavy atom. The van der Waals surface area contributed by atoms with Crippen molar-refractivity contribution in [3.63, 3.8) is 0 Å². The Kier molecular flexibility index (Phi) is 3.31. The van der Waals surface area contributed by atoms with Gasteiger partial charge in [-0.3, -0.25) is 4.79 Å². The Balaban J connectivity index is 1.92. The van der Waals surface area contributed by atoms with Crippen LogP contribution in [0.5, 0.6) is 0 Å². The molecular weight excluding hydrogens is 256 g/mol. The maximum absolute atomic E-state index is 12.2. The average Bonchev–Trinajstić information content (AvgIpc) is 2.83. The number of carbonyl (C=O) groups is 1. The number of rotatable bonds is 3. The van der Waals surface area contributed by atoms with Crippen molar-refractivity contribution in [2.24, 2.45) is 5.92 Å². The van der Waals surface area contributed by atoms with Gasteiger partial charge in [-0.05, 0) is 33.6 Å². The van der Waals surface area contributed by atoms with E-state index < -0.39 is 5.60 Å². The second-order valence-electron chi connectivity index (χ2n) is 6.76. The molecule has 3 aliphatic rings. The first-order valence-electron chi connectivity index (χ1n) is 7.43. The van der Waals surface area contributed by atoms with E-state index in [1.165, 1.54) is 5.57 Å². The lowest BCUT2D eigenvalue weighted by Gasteiger charge is -2.37. The number of hydrogen-bond acceptors (Lipinski definition) is 4. The third kappa shape index (κ3) is 1.81. The summed E-state index contributed by atoms with van der Waals surface area (Å²) in [7, 11) is 1.62. The normalized spacial score (nSPS) is 46.4. The van der Waals surface area contributed by atoms with Crippen molar-refractivity contribution in [3.05, 3.63) is 11.6 Å². The van der Waals surface area contributed by atoms with Gasteiger partial charge in [0.2, 0.25) is 0 Å². The quantitative estimate of drug-likeness (QED) is 0.744. The molecule has 4 heteroatoms. The van der Waals surface area contributed by atoms with Gasteiger partial charge in [0.15, 0.2) is 5.78 Å². The first-order valence-corrected chi connectivity index (χ1v) is 7.43. The zero-order valence-corrected chi connectivity index (χ0v) is 12.8. The van der Waals surface area contributed by atoms with Gasteiger partial charge in [-0.1, -0.05) is 11.6 Å². The van der Waals surface area contributed by atoms with E-state index in [2.05, 4.69) is 26.8 Å². The van der Waals surface area contributed by atoms with Crippen molar-refractivity contribution in [2.75, 3.05) is 13.7 Å². The van der Waals surface area contributed by atoms with Crippen LogP contribution in [-0.2, 0) is 19.0 Å². The van der Waals surface area contributed by atoms with Crippen LogP contribution in [0.15, 0.2) is 11.6 Å². The number of carbonyl (C=O) groups excluding carboxylic acids is 1. The molecule has 4 nitrogen and oxygen atoms in total. The van der Waals surface area contributed by atoms with Crippen molar-refractivity contribution in [1.29, 1.82) is 0 Å². The molecule has 0 aromatic rings. The smallest absolute Gasteiger partial charge is 0.162 e. The first kappa shape index (κ1) is 14.2. The number of hydrogen-bond donors (Lipinski definition) is 0. The Bertz CT molecular complexity index is 453. The van der Waals surface area contributed by atoms with Crippen LogP contribution in [0.4, 0.5) is 0 Å². The highest BCUT2D eigenvalue weighted by molar-refractivity contribution is 5.85. The SMILES string of the molecule is COC1C(=O)CCC23COC(C)(C(CC=C(C)C)O2)C13.